The first kappa shape index (κ1) is 9.95. The summed E-state index contributed by atoms with van der Waals surface area (Å²) in [6, 6.07) is 1.19. The number of ketones is 1. The molecule has 1 aromatic heterocycles. The summed E-state index contributed by atoms with van der Waals surface area (Å²) in [7, 11) is 0. The molecule has 0 atom stereocenters. The van der Waals surface area contributed by atoms with Gasteiger partial charge in [0.1, 0.15) is 5.69 Å². The number of anilines is 1. The van der Waals surface area contributed by atoms with E-state index in [1.807, 2.05) is 0 Å². The van der Waals surface area contributed by atoms with E-state index in [9.17, 15) is 9.59 Å². The quantitative estimate of drug-likeness (QED) is 0.461. The Balaban J connectivity index is 3.11. The summed E-state index contributed by atoms with van der Waals surface area (Å²) in [6.45, 7) is 0. The van der Waals surface area contributed by atoms with E-state index in [1.165, 1.54) is 12.3 Å². The van der Waals surface area contributed by atoms with Crippen LogP contribution < -0.4 is 5.73 Å². The lowest BCUT2D eigenvalue weighted by Gasteiger charge is -1.98. The highest BCUT2D eigenvalue weighted by Gasteiger charge is 2.15. The van der Waals surface area contributed by atoms with Gasteiger partial charge in [-0.2, -0.15) is 0 Å². The zero-order chi connectivity index (χ0) is 10.0. The fourth-order valence-corrected chi connectivity index (χ4v) is 0.915. The molecule has 0 bridgehead atoms. The van der Waals surface area contributed by atoms with Crippen molar-refractivity contribution in [2.45, 2.75) is 0 Å². The van der Waals surface area contributed by atoms with Gasteiger partial charge in [-0.05, 0) is 17.7 Å². The molecule has 1 rings (SSSR count). The molecule has 0 aliphatic rings. The van der Waals surface area contributed by atoms with Crippen molar-refractivity contribution in [2.24, 2.45) is 0 Å². The average Bonchev–Trinajstić information content (AvgIpc) is 2.08. The molecule has 0 spiro atoms. The zero-order valence-electron chi connectivity index (χ0n) is 6.25. The number of nitrogens with two attached hydrogens (primary N) is 1. The first-order valence-electron chi connectivity index (χ1n) is 3.17. The predicted octanol–water partition coefficient (Wildman–Crippen LogP) is 1.27. The molecule has 0 saturated carbocycles. The number of Topliss-reactive ketones (excluding diaryl/α,β-unsaturated/α-hetero) is 1. The minimum absolute atomic E-state index is 0.112. The monoisotopic (exact) mass is 218 g/mol. The normalized spacial score (nSPS) is 9.69. The Labute approximate surface area is 83.7 Å². The van der Waals surface area contributed by atoms with E-state index in [4.69, 9.17) is 28.9 Å². The maximum Gasteiger partial charge on any atom is 0.294 e. The maximum absolute atomic E-state index is 11.0. The molecule has 4 nitrogen and oxygen atoms in total. The number of carbonyl (C=O) groups is 2. The van der Waals surface area contributed by atoms with E-state index in [1.54, 1.807) is 0 Å². The fraction of sp³-hybridized carbons (Fsp3) is 0. The van der Waals surface area contributed by atoms with Crippen LogP contribution in [0.1, 0.15) is 10.5 Å². The molecule has 0 aliphatic heterocycles. The van der Waals surface area contributed by atoms with E-state index >= 15 is 0 Å². The summed E-state index contributed by atoms with van der Waals surface area (Å²) in [4.78, 5) is 25.0. The maximum atomic E-state index is 11.0. The lowest BCUT2D eigenvalue weighted by Crippen LogP contribution is -2.09. The second kappa shape index (κ2) is 3.72. The highest BCUT2D eigenvalue weighted by Crippen LogP contribution is 2.17. The Morgan fingerprint density at radius 3 is 2.54 bits per heavy atom. The van der Waals surface area contributed by atoms with Crippen LogP contribution in [-0.2, 0) is 4.79 Å². The van der Waals surface area contributed by atoms with Gasteiger partial charge < -0.3 is 5.73 Å². The number of carbonyl (C=O) groups excluding carboxylic acids is 2. The van der Waals surface area contributed by atoms with Crippen molar-refractivity contribution in [2.75, 3.05) is 5.73 Å². The Bertz CT molecular complexity index is 379. The number of rotatable bonds is 2. The van der Waals surface area contributed by atoms with E-state index in [0.29, 0.717) is 0 Å². The molecule has 0 saturated heterocycles. The lowest BCUT2D eigenvalue weighted by molar-refractivity contribution is -0.108. The molecule has 0 aromatic carbocycles. The Kier molecular flexibility index (Phi) is 2.85. The molecule has 1 aromatic rings. The van der Waals surface area contributed by atoms with Gasteiger partial charge in [-0.15, -0.1) is 0 Å². The smallest absolute Gasteiger partial charge is 0.294 e. The fourth-order valence-electron chi connectivity index (χ4n) is 0.666. The second-order valence-corrected chi connectivity index (χ2v) is 2.94. The van der Waals surface area contributed by atoms with Crippen LogP contribution in [0.3, 0.4) is 0 Å². The average molecular weight is 219 g/mol. The molecule has 0 radical (unpaired) electrons. The van der Waals surface area contributed by atoms with Crippen LogP contribution in [0.15, 0.2) is 12.3 Å². The van der Waals surface area contributed by atoms with Crippen LogP contribution in [-0.4, -0.2) is 16.0 Å². The zero-order valence-corrected chi connectivity index (χ0v) is 7.76. The van der Waals surface area contributed by atoms with Crippen LogP contribution in [0.4, 0.5) is 5.69 Å². The molecule has 6 heteroatoms. The minimum atomic E-state index is -1.10. The van der Waals surface area contributed by atoms with Gasteiger partial charge in [0.15, 0.2) is 0 Å². The van der Waals surface area contributed by atoms with Crippen molar-refractivity contribution in [3.63, 3.8) is 0 Å². The van der Waals surface area contributed by atoms with E-state index < -0.39 is 11.0 Å². The molecule has 13 heavy (non-hydrogen) atoms. The van der Waals surface area contributed by atoms with Crippen LogP contribution in [0.2, 0.25) is 5.02 Å². The van der Waals surface area contributed by atoms with Gasteiger partial charge in [0.25, 0.3) is 11.0 Å². The van der Waals surface area contributed by atoms with E-state index in [0.717, 1.165) is 0 Å². The van der Waals surface area contributed by atoms with Crippen LogP contribution >= 0.6 is 23.2 Å². The number of pyridine rings is 1. The van der Waals surface area contributed by atoms with Crippen LogP contribution in [0.5, 0.6) is 0 Å². The van der Waals surface area contributed by atoms with Crippen molar-refractivity contribution in [1.29, 1.82) is 0 Å². The van der Waals surface area contributed by atoms with Crippen LogP contribution in [0.25, 0.3) is 0 Å². The third kappa shape index (κ3) is 2.17. The third-order valence-electron chi connectivity index (χ3n) is 1.29. The van der Waals surface area contributed by atoms with Crippen molar-refractivity contribution in [3.05, 3.63) is 23.0 Å². The van der Waals surface area contributed by atoms with Gasteiger partial charge in [-0.3, -0.25) is 14.6 Å². The molecular weight excluding hydrogens is 215 g/mol. The third-order valence-corrected chi connectivity index (χ3v) is 1.79. The molecule has 0 aliphatic carbocycles. The summed E-state index contributed by atoms with van der Waals surface area (Å²) in [5.41, 5.74) is 5.47. The first-order valence-corrected chi connectivity index (χ1v) is 3.93. The number of aromatic nitrogens is 1. The molecule has 0 fully saturated rings. The molecule has 2 N–H and O–H groups in total. The summed E-state index contributed by atoms with van der Waals surface area (Å²) in [5.74, 6) is -0.899. The van der Waals surface area contributed by atoms with Crippen molar-refractivity contribution in [3.8, 4) is 0 Å². The lowest BCUT2D eigenvalue weighted by atomic mass is 10.2. The Morgan fingerprint density at radius 2 is 2.08 bits per heavy atom. The Hall–Kier alpha value is -1.13. The van der Waals surface area contributed by atoms with Crippen molar-refractivity contribution >= 4 is 39.9 Å². The summed E-state index contributed by atoms with van der Waals surface area (Å²) < 4.78 is 0. The van der Waals surface area contributed by atoms with Crippen LogP contribution in [0, 0.1) is 0 Å². The highest BCUT2D eigenvalue weighted by molar-refractivity contribution is 6.83. The van der Waals surface area contributed by atoms with Crippen molar-refractivity contribution < 1.29 is 9.59 Å². The van der Waals surface area contributed by atoms with Gasteiger partial charge >= 0.3 is 0 Å². The number of nitrogens with zero attached hydrogens (tertiary/aromatic N) is 1. The minimum Gasteiger partial charge on any atom is -0.396 e. The van der Waals surface area contributed by atoms with E-state index in [2.05, 4.69) is 4.98 Å². The summed E-state index contributed by atoms with van der Waals surface area (Å²) in [6.07, 6.45) is 1.19. The van der Waals surface area contributed by atoms with E-state index in [-0.39, 0.29) is 16.4 Å². The number of hydrogen-bond donors (Lipinski definition) is 1. The topological polar surface area (TPSA) is 73.0 Å². The van der Waals surface area contributed by atoms with Gasteiger partial charge in [0.2, 0.25) is 0 Å². The second-order valence-electron chi connectivity index (χ2n) is 2.19. The molecule has 68 valence electrons. The van der Waals surface area contributed by atoms with Crippen molar-refractivity contribution in [1.82, 2.24) is 4.98 Å². The van der Waals surface area contributed by atoms with Gasteiger partial charge in [-0.1, -0.05) is 11.6 Å². The summed E-state index contributed by atoms with van der Waals surface area (Å²) >= 11 is 10.5. The predicted molar refractivity (Wildman–Crippen MR) is 48.8 cm³/mol. The van der Waals surface area contributed by atoms with Gasteiger partial charge in [-0.25, -0.2) is 0 Å². The first-order chi connectivity index (χ1) is 6.02. The molecule has 1 heterocycles. The molecular formula is C7H4Cl2N2O2. The molecule has 0 unspecified atom stereocenters. The number of hydrogen-bond acceptors (Lipinski definition) is 4. The standard InChI is InChI=1S/C7H4Cl2N2O2/c8-3-1-5(6(12)7(9)13)11-2-4(3)10/h1-2H,10H2. The SMILES string of the molecule is Nc1cnc(C(=O)C(=O)Cl)cc1Cl. The summed E-state index contributed by atoms with van der Waals surface area (Å²) in [5, 5.41) is -0.940. The number of nitrogen functional groups attached to an aromatic ring is 1. The largest absolute Gasteiger partial charge is 0.396 e. The Morgan fingerprint density at radius 1 is 1.46 bits per heavy atom. The van der Waals surface area contributed by atoms with Gasteiger partial charge in [0.05, 0.1) is 16.9 Å². The van der Waals surface area contributed by atoms with Gasteiger partial charge in [0, 0.05) is 0 Å². The molecule has 0 amide bonds. The number of halogens is 2. The highest BCUT2D eigenvalue weighted by atomic mass is 35.5.